The zero-order chi connectivity index (χ0) is 19.9. The highest BCUT2D eigenvalue weighted by Crippen LogP contribution is 2.51. The minimum Gasteiger partial charge on any atom is -0.394 e. The SMILES string of the molecule is OCC12CO[C@H](c3ccccc3C(F)F)N1[C@H](c1ccccc1C(F)F)OC2. The van der Waals surface area contributed by atoms with Gasteiger partial charge in [0, 0.05) is 22.3 Å². The van der Waals surface area contributed by atoms with E-state index in [1.807, 2.05) is 0 Å². The first-order valence-electron chi connectivity index (χ1n) is 8.85. The Hall–Kier alpha value is -2.00. The van der Waals surface area contributed by atoms with Gasteiger partial charge in [-0.1, -0.05) is 48.5 Å². The smallest absolute Gasteiger partial charge is 0.264 e. The van der Waals surface area contributed by atoms with E-state index in [0.717, 1.165) is 0 Å². The Kier molecular flexibility index (Phi) is 5.13. The topological polar surface area (TPSA) is 41.9 Å². The Morgan fingerprint density at radius 2 is 1.29 bits per heavy atom. The van der Waals surface area contributed by atoms with Crippen molar-refractivity contribution in [1.29, 1.82) is 0 Å². The number of fused-ring (bicyclic) bond motifs is 1. The molecule has 2 saturated heterocycles. The Morgan fingerprint density at radius 1 is 0.857 bits per heavy atom. The second-order valence-electron chi connectivity index (χ2n) is 6.98. The number of halogens is 4. The number of alkyl halides is 4. The molecule has 0 aromatic heterocycles. The van der Waals surface area contributed by atoms with Crippen molar-refractivity contribution in [1.82, 2.24) is 4.90 Å². The van der Waals surface area contributed by atoms with Crippen LogP contribution in [0, 0.1) is 0 Å². The Bertz CT molecular complexity index is 784. The zero-order valence-corrected chi connectivity index (χ0v) is 14.8. The van der Waals surface area contributed by atoms with Crippen LogP contribution in [0.5, 0.6) is 0 Å². The van der Waals surface area contributed by atoms with Crippen LogP contribution in [0.1, 0.15) is 47.6 Å². The molecule has 150 valence electrons. The minimum atomic E-state index is -2.72. The molecule has 0 amide bonds. The van der Waals surface area contributed by atoms with Gasteiger partial charge in [0.15, 0.2) is 0 Å². The normalized spacial score (nSPS) is 27.7. The largest absolute Gasteiger partial charge is 0.394 e. The van der Waals surface area contributed by atoms with Crippen molar-refractivity contribution < 1.29 is 32.1 Å². The molecule has 0 bridgehead atoms. The van der Waals surface area contributed by atoms with Gasteiger partial charge in [-0.15, -0.1) is 0 Å². The Balaban J connectivity index is 1.80. The van der Waals surface area contributed by atoms with Crippen molar-refractivity contribution in [2.45, 2.75) is 30.8 Å². The molecule has 2 aromatic carbocycles. The van der Waals surface area contributed by atoms with E-state index in [-0.39, 0.29) is 42.1 Å². The maximum absolute atomic E-state index is 13.5. The Labute approximate surface area is 159 Å². The number of hydrogen-bond acceptors (Lipinski definition) is 4. The summed E-state index contributed by atoms with van der Waals surface area (Å²) in [6.07, 6.45) is -7.34. The van der Waals surface area contributed by atoms with E-state index < -0.39 is 30.8 Å². The number of hydrogen-bond donors (Lipinski definition) is 1. The fourth-order valence-corrected chi connectivity index (χ4v) is 3.96. The molecule has 0 radical (unpaired) electrons. The van der Waals surface area contributed by atoms with Crippen LogP contribution in [0.25, 0.3) is 0 Å². The third-order valence-corrected chi connectivity index (χ3v) is 5.36. The molecule has 28 heavy (non-hydrogen) atoms. The van der Waals surface area contributed by atoms with Crippen LogP contribution in [-0.4, -0.2) is 35.4 Å². The molecule has 2 aliphatic heterocycles. The Morgan fingerprint density at radius 3 is 1.68 bits per heavy atom. The van der Waals surface area contributed by atoms with Crippen LogP contribution in [0.3, 0.4) is 0 Å². The van der Waals surface area contributed by atoms with Crippen molar-refractivity contribution >= 4 is 0 Å². The molecule has 4 rings (SSSR count). The van der Waals surface area contributed by atoms with Gasteiger partial charge in [-0.3, -0.25) is 0 Å². The van der Waals surface area contributed by atoms with Gasteiger partial charge in [-0.05, 0) is 0 Å². The van der Waals surface area contributed by atoms with Gasteiger partial charge in [-0.2, -0.15) is 0 Å². The van der Waals surface area contributed by atoms with Gasteiger partial charge in [0.05, 0.1) is 25.4 Å². The van der Waals surface area contributed by atoms with E-state index in [9.17, 15) is 22.7 Å². The van der Waals surface area contributed by atoms with E-state index in [1.165, 1.54) is 36.4 Å². The van der Waals surface area contributed by atoms with Crippen molar-refractivity contribution in [2.24, 2.45) is 0 Å². The van der Waals surface area contributed by atoms with Gasteiger partial charge >= 0.3 is 0 Å². The molecule has 0 saturated carbocycles. The van der Waals surface area contributed by atoms with E-state index >= 15 is 0 Å². The van der Waals surface area contributed by atoms with E-state index in [0.29, 0.717) is 0 Å². The third-order valence-electron chi connectivity index (χ3n) is 5.36. The lowest BCUT2D eigenvalue weighted by atomic mass is 9.98. The molecule has 1 unspecified atom stereocenters. The molecule has 2 aromatic rings. The fourth-order valence-electron chi connectivity index (χ4n) is 3.96. The van der Waals surface area contributed by atoms with Crippen LogP contribution in [0.15, 0.2) is 48.5 Å². The number of rotatable bonds is 5. The summed E-state index contributed by atoms with van der Waals surface area (Å²) in [5.74, 6) is 0. The standard InChI is InChI=1S/C20H19F4NO3/c21-16(22)12-5-1-3-7-14(12)18-25-19(28-11-20(25,9-26)10-27-18)15-8-4-2-6-13(15)17(23)24/h1-8,16-19,26H,9-11H2/t18-,19+,20?. The molecule has 8 heteroatoms. The van der Waals surface area contributed by atoms with E-state index in [1.54, 1.807) is 17.0 Å². The maximum atomic E-state index is 13.5. The van der Waals surface area contributed by atoms with Gasteiger partial charge in [0.25, 0.3) is 12.9 Å². The molecular weight excluding hydrogens is 378 g/mol. The molecule has 4 nitrogen and oxygen atoms in total. The molecule has 0 aliphatic carbocycles. The summed E-state index contributed by atoms with van der Waals surface area (Å²) in [7, 11) is 0. The predicted molar refractivity (Wildman–Crippen MR) is 91.8 cm³/mol. The lowest BCUT2D eigenvalue weighted by Gasteiger charge is -2.34. The summed E-state index contributed by atoms with van der Waals surface area (Å²) in [5.41, 5.74) is -0.918. The summed E-state index contributed by atoms with van der Waals surface area (Å²) >= 11 is 0. The van der Waals surface area contributed by atoms with Gasteiger partial charge in [0.2, 0.25) is 0 Å². The number of benzene rings is 2. The average Bonchev–Trinajstić information content (AvgIpc) is 3.25. The first kappa shape index (κ1) is 19.3. The minimum absolute atomic E-state index is 0.0408. The summed E-state index contributed by atoms with van der Waals surface area (Å²) in [4.78, 5) is 1.61. The third kappa shape index (κ3) is 3.00. The summed E-state index contributed by atoms with van der Waals surface area (Å²) in [6, 6.07) is 11.9. The molecule has 0 spiro atoms. The first-order chi connectivity index (χ1) is 13.5. The average molecular weight is 397 g/mol. The van der Waals surface area contributed by atoms with Crippen LogP contribution in [0.2, 0.25) is 0 Å². The van der Waals surface area contributed by atoms with Crippen molar-refractivity contribution in [3.63, 3.8) is 0 Å². The molecule has 1 N–H and O–H groups in total. The summed E-state index contributed by atoms with van der Waals surface area (Å²) in [5, 5.41) is 10.0. The van der Waals surface area contributed by atoms with Gasteiger partial charge in [-0.25, -0.2) is 22.5 Å². The van der Waals surface area contributed by atoms with E-state index in [4.69, 9.17) is 9.47 Å². The zero-order valence-electron chi connectivity index (χ0n) is 14.8. The lowest BCUT2D eigenvalue weighted by Crippen LogP contribution is -2.47. The molecule has 3 atom stereocenters. The van der Waals surface area contributed by atoms with Gasteiger partial charge < -0.3 is 14.6 Å². The monoisotopic (exact) mass is 397 g/mol. The molecule has 2 aliphatic rings. The highest BCUT2D eigenvalue weighted by atomic mass is 19.3. The number of nitrogens with zero attached hydrogens (tertiary/aromatic N) is 1. The molecular formula is C20H19F4NO3. The first-order valence-corrected chi connectivity index (χ1v) is 8.85. The van der Waals surface area contributed by atoms with Crippen LogP contribution < -0.4 is 0 Å². The maximum Gasteiger partial charge on any atom is 0.264 e. The van der Waals surface area contributed by atoms with Crippen molar-refractivity contribution in [3.8, 4) is 0 Å². The number of ether oxygens (including phenoxy) is 2. The summed E-state index contributed by atoms with van der Waals surface area (Å²) in [6.45, 7) is -0.272. The number of aliphatic hydroxyl groups excluding tert-OH is 1. The molecule has 2 heterocycles. The number of aliphatic hydroxyl groups is 1. The van der Waals surface area contributed by atoms with E-state index in [2.05, 4.69) is 0 Å². The molecule has 2 fully saturated rings. The second-order valence-corrected chi connectivity index (χ2v) is 6.98. The quantitative estimate of drug-likeness (QED) is 0.762. The summed E-state index contributed by atoms with van der Waals surface area (Å²) < 4.78 is 65.8. The van der Waals surface area contributed by atoms with Gasteiger partial charge in [0.1, 0.15) is 12.5 Å². The highest BCUT2D eigenvalue weighted by Gasteiger charge is 2.57. The predicted octanol–water partition coefficient (Wildman–Crippen LogP) is 4.35. The van der Waals surface area contributed by atoms with Crippen molar-refractivity contribution in [2.75, 3.05) is 19.8 Å². The van der Waals surface area contributed by atoms with Crippen LogP contribution in [0.4, 0.5) is 17.6 Å². The second kappa shape index (κ2) is 7.44. The highest BCUT2D eigenvalue weighted by molar-refractivity contribution is 5.35. The van der Waals surface area contributed by atoms with Crippen LogP contribution in [-0.2, 0) is 9.47 Å². The lowest BCUT2D eigenvalue weighted by molar-refractivity contribution is -0.0656. The van der Waals surface area contributed by atoms with Crippen LogP contribution >= 0.6 is 0 Å². The fraction of sp³-hybridized carbons (Fsp3) is 0.400. The van der Waals surface area contributed by atoms with Crippen molar-refractivity contribution in [3.05, 3.63) is 70.8 Å².